The van der Waals surface area contributed by atoms with Gasteiger partial charge in [0, 0.05) is 0 Å². The van der Waals surface area contributed by atoms with E-state index in [-0.39, 0.29) is 0 Å². The van der Waals surface area contributed by atoms with Crippen molar-refractivity contribution in [1.29, 1.82) is 0 Å². The van der Waals surface area contributed by atoms with Crippen LogP contribution >= 0.6 is 0 Å². The van der Waals surface area contributed by atoms with Crippen LogP contribution in [0.5, 0.6) is 11.5 Å². The van der Waals surface area contributed by atoms with Gasteiger partial charge in [0.2, 0.25) is 5.39 Å². The third-order valence-electron chi connectivity index (χ3n) is 1.35. The summed E-state index contributed by atoms with van der Waals surface area (Å²) in [7, 11) is 0. The molecular weight excluding hydrogens is 178 g/mol. The van der Waals surface area contributed by atoms with Gasteiger partial charge in [-0.15, -0.1) is 0 Å². The zero-order valence-electron chi connectivity index (χ0n) is 6.34. The van der Waals surface area contributed by atoms with E-state index in [1.54, 1.807) is 24.3 Å². The Morgan fingerprint density at radius 1 is 1.31 bits per heavy atom. The van der Waals surface area contributed by atoms with E-state index >= 15 is 0 Å². The van der Waals surface area contributed by atoms with Crippen LogP contribution in [0.1, 0.15) is 0 Å². The minimum atomic E-state index is -1.51. The summed E-state index contributed by atoms with van der Waals surface area (Å²) in [5, 5.41) is 8.65. The number of rotatable bonds is 1. The lowest BCUT2D eigenvalue weighted by Gasteiger charge is -2.06. The highest BCUT2D eigenvalue weighted by molar-refractivity contribution is 5.56. The lowest BCUT2D eigenvalue weighted by molar-refractivity contribution is -0.407. The number of fused-ring (bicyclic) bond motifs is 1. The van der Waals surface area contributed by atoms with Gasteiger partial charge in [-0.05, 0) is 12.1 Å². The van der Waals surface area contributed by atoms with Crippen molar-refractivity contribution in [2.24, 2.45) is 0 Å². The van der Waals surface area contributed by atoms with Crippen LogP contribution in [0.25, 0.3) is 0 Å². The summed E-state index contributed by atoms with van der Waals surface area (Å²) in [6.07, 6.45) is -1.51. The first-order chi connectivity index (χ1) is 6.25. The van der Waals surface area contributed by atoms with Gasteiger partial charge in [-0.3, -0.25) is 4.84 Å². The van der Waals surface area contributed by atoms with Gasteiger partial charge in [-0.25, -0.2) is 4.79 Å². The standard InChI is InChI=1S/C7H5NO5/c9-7(10)13-8-11-5-3-1-2-4-6(5)12-8/h1-4H,(H,9,10). The number of nitrogens with zero attached hydrogens (tertiary/aromatic N) is 1. The van der Waals surface area contributed by atoms with Crippen molar-refractivity contribution in [2.75, 3.05) is 0 Å². The number of carboxylic acid groups (broad SMARTS) is 1. The molecule has 1 N–H and O–H groups in total. The first-order valence-corrected chi connectivity index (χ1v) is 3.42. The van der Waals surface area contributed by atoms with Gasteiger partial charge < -0.3 is 14.8 Å². The summed E-state index contributed by atoms with van der Waals surface area (Å²) < 4.78 is 0. The molecule has 0 atom stereocenters. The normalized spacial score (nSPS) is 14.2. The van der Waals surface area contributed by atoms with Crippen LogP contribution in [0.4, 0.5) is 4.79 Å². The second kappa shape index (κ2) is 2.83. The van der Waals surface area contributed by atoms with Crippen LogP contribution in [-0.2, 0) is 4.84 Å². The maximum atomic E-state index is 10.1. The Kier molecular flexibility index (Phi) is 1.67. The zero-order chi connectivity index (χ0) is 9.26. The molecule has 1 aliphatic heterocycles. The van der Waals surface area contributed by atoms with Gasteiger partial charge in [0.25, 0.3) is 0 Å². The number of hydrogen-bond acceptors (Lipinski definition) is 5. The Morgan fingerprint density at radius 3 is 2.31 bits per heavy atom. The van der Waals surface area contributed by atoms with E-state index in [2.05, 4.69) is 4.84 Å². The predicted octanol–water partition coefficient (Wildman–Crippen LogP) is 1.20. The van der Waals surface area contributed by atoms with Crippen LogP contribution in [-0.4, -0.2) is 16.7 Å². The molecule has 6 heteroatoms. The summed E-state index contributed by atoms with van der Waals surface area (Å²) >= 11 is 0. The molecule has 2 rings (SSSR count). The Balaban J connectivity index is 2.09. The van der Waals surface area contributed by atoms with Crippen LogP contribution in [0.2, 0.25) is 0 Å². The quantitative estimate of drug-likeness (QED) is 0.705. The van der Waals surface area contributed by atoms with Crippen molar-refractivity contribution in [3.05, 3.63) is 24.3 Å². The molecule has 0 unspecified atom stereocenters. The van der Waals surface area contributed by atoms with Gasteiger partial charge in [-0.2, -0.15) is 0 Å². The average Bonchev–Trinajstić information content (AvgIpc) is 2.44. The summed E-state index contributed by atoms with van der Waals surface area (Å²) in [4.78, 5) is 23.8. The Hall–Kier alpha value is -1.95. The van der Waals surface area contributed by atoms with E-state index in [0.717, 1.165) is 0 Å². The fraction of sp³-hybridized carbons (Fsp3) is 0. The monoisotopic (exact) mass is 183 g/mol. The molecule has 0 fully saturated rings. The Morgan fingerprint density at radius 2 is 1.85 bits per heavy atom. The first kappa shape index (κ1) is 7.69. The average molecular weight is 183 g/mol. The molecule has 0 saturated heterocycles. The minimum Gasteiger partial charge on any atom is -0.448 e. The molecule has 0 saturated carbocycles. The molecule has 0 aromatic heterocycles. The maximum Gasteiger partial charge on any atom is 0.530 e. The molecule has 1 aromatic rings. The van der Waals surface area contributed by atoms with Crippen molar-refractivity contribution in [2.45, 2.75) is 0 Å². The fourth-order valence-electron chi connectivity index (χ4n) is 0.881. The topological polar surface area (TPSA) is 68.2 Å². The van der Waals surface area contributed by atoms with Gasteiger partial charge in [0.1, 0.15) is 0 Å². The van der Waals surface area contributed by atoms with Gasteiger partial charge in [-0.1, -0.05) is 12.1 Å². The number of para-hydroxylation sites is 2. The lowest BCUT2D eigenvalue weighted by atomic mass is 10.3. The molecule has 0 aliphatic carbocycles. The molecule has 1 aliphatic rings. The second-order valence-electron chi connectivity index (χ2n) is 2.21. The fourth-order valence-corrected chi connectivity index (χ4v) is 0.881. The van der Waals surface area contributed by atoms with Crippen LogP contribution in [0.15, 0.2) is 24.3 Å². The molecule has 6 nitrogen and oxygen atoms in total. The SMILES string of the molecule is O=C(O)ON1Oc2ccccc2O1. The molecule has 13 heavy (non-hydrogen) atoms. The van der Waals surface area contributed by atoms with E-state index in [4.69, 9.17) is 14.8 Å². The number of benzene rings is 1. The third kappa shape index (κ3) is 1.47. The van der Waals surface area contributed by atoms with Crippen LogP contribution < -0.4 is 9.68 Å². The van der Waals surface area contributed by atoms with Crippen molar-refractivity contribution in [3.63, 3.8) is 0 Å². The van der Waals surface area contributed by atoms with Crippen molar-refractivity contribution in [1.82, 2.24) is 5.39 Å². The number of carbonyl (C=O) groups is 1. The Labute approximate surface area is 72.7 Å². The lowest BCUT2D eigenvalue weighted by Crippen LogP contribution is -2.28. The van der Waals surface area contributed by atoms with Gasteiger partial charge in [0.05, 0.1) is 0 Å². The summed E-state index contributed by atoms with van der Waals surface area (Å²) in [6, 6.07) is 6.71. The van der Waals surface area contributed by atoms with Crippen molar-refractivity contribution < 1.29 is 24.4 Å². The van der Waals surface area contributed by atoms with E-state index in [1.165, 1.54) is 0 Å². The third-order valence-corrected chi connectivity index (χ3v) is 1.35. The molecule has 0 spiro atoms. The smallest absolute Gasteiger partial charge is 0.448 e. The highest BCUT2D eigenvalue weighted by Gasteiger charge is 2.26. The highest BCUT2D eigenvalue weighted by Crippen LogP contribution is 2.33. The van der Waals surface area contributed by atoms with E-state index in [1.807, 2.05) is 0 Å². The molecule has 68 valence electrons. The van der Waals surface area contributed by atoms with Gasteiger partial charge in [0.15, 0.2) is 11.5 Å². The predicted molar refractivity (Wildman–Crippen MR) is 38.6 cm³/mol. The zero-order valence-corrected chi connectivity index (χ0v) is 6.34. The molecule has 1 aromatic carbocycles. The van der Waals surface area contributed by atoms with E-state index < -0.39 is 6.16 Å². The van der Waals surface area contributed by atoms with Crippen molar-refractivity contribution >= 4 is 6.16 Å². The maximum absolute atomic E-state index is 10.1. The second-order valence-corrected chi connectivity index (χ2v) is 2.21. The molecule has 1 heterocycles. The molecular formula is C7H5NO5. The van der Waals surface area contributed by atoms with E-state index in [0.29, 0.717) is 16.9 Å². The molecule has 0 bridgehead atoms. The summed E-state index contributed by atoms with van der Waals surface area (Å²) in [5.41, 5.74) is 0. The van der Waals surface area contributed by atoms with Crippen LogP contribution in [0, 0.1) is 0 Å². The Bertz CT molecular complexity index is 314. The number of hydrogen-bond donors (Lipinski definition) is 1. The van der Waals surface area contributed by atoms with Gasteiger partial charge >= 0.3 is 6.16 Å². The first-order valence-electron chi connectivity index (χ1n) is 3.42. The summed E-state index contributed by atoms with van der Waals surface area (Å²) in [5.74, 6) is 0.813. The minimum absolute atomic E-state index is 0.406. The molecule has 0 amide bonds. The summed E-state index contributed by atoms with van der Waals surface area (Å²) in [6.45, 7) is 0. The van der Waals surface area contributed by atoms with Crippen molar-refractivity contribution in [3.8, 4) is 11.5 Å². The molecule has 0 radical (unpaired) electrons. The van der Waals surface area contributed by atoms with E-state index in [9.17, 15) is 4.79 Å². The van der Waals surface area contributed by atoms with Crippen LogP contribution in [0.3, 0.4) is 0 Å². The largest absolute Gasteiger partial charge is 0.530 e. The highest BCUT2D eigenvalue weighted by atomic mass is 17.2.